The molecule has 0 radical (unpaired) electrons. The average Bonchev–Trinajstić information content (AvgIpc) is 2.15. The van der Waals surface area contributed by atoms with E-state index in [0.29, 0.717) is 11.8 Å². The highest BCUT2D eigenvalue weighted by Crippen LogP contribution is 2.11. The molecule has 0 aliphatic carbocycles. The topological polar surface area (TPSA) is 50.2 Å². The van der Waals surface area contributed by atoms with Crippen LogP contribution in [0.2, 0.25) is 0 Å². The highest BCUT2D eigenvalue weighted by atomic mass is 79.9. The Hall–Kier alpha value is -0.900. The molecule has 1 N–H and O–H groups in total. The van der Waals surface area contributed by atoms with E-state index >= 15 is 0 Å². The Balaban J connectivity index is 2.69. The van der Waals surface area contributed by atoms with E-state index in [2.05, 4.69) is 20.9 Å². The standard InChI is InChI=1S/C9H10BrNO2/c10-6-8-7(2-1-5-11-8)3-4-9(12)13/h1-2,5H,3-4,6H2,(H,12,13). The first-order chi connectivity index (χ1) is 6.24. The van der Waals surface area contributed by atoms with Gasteiger partial charge in [-0.05, 0) is 18.1 Å². The maximum absolute atomic E-state index is 10.3. The van der Waals surface area contributed by atoms with Crippen LogP contribution in [0.5, 0.6) is 0 Å². The number of pyridine rings is 1. The molecule has 0 saturated carbocycles. The summed E-state index contributed by atoms with van der Waals surface area (Å²) in [6.45, 7) is 0. The summed E-state index contributed by atoms with van der Waals surface area (Å²) >= 11 is 3.31. The van der Waals surface area contributed by atoms with Crippen LogP contribution in [0.1, 0.15) is 17.7 Å². The fourth-order valence-electron chi connectivity index (χ4n) is 1.06. The summed E-state index contributed by atoms with van der Waals surface area (Å²) in [5.41, 5.74) is 1.92. The van der Waals surface area contributed by atoms with Crippen molar-refractivity contribution >= 4 is 21.9 Å². The number of nitrogens with zero attached hydrogens (tertiary/aromatic N) is 1. The van der Waals surface area contributed by atoms with Crippen LogP contribution in [0.15, 0.2) is 18.3 Å². The summed E-state index contributed by atoms with van der Waals surface area (Å²) in [7, 11) is 0. The third-order valence-corrected chi connectivity index (χ3v) is 2.25. The van der Waals surface area contributed by atoms with Crippen LogP contribution in [0.3, 0.4) is 0 Å². The van der Waals surface area contributed by atoms with E-state index in [-0.39, 0.29) is 6.42 Å². The van der Waals surface area contributed by atoms with Crippen molar-refractivity contribution in [3.05, 3.63) is 29.6 Å². The molecule has 1 aromatic rings. The summed E-state index contributed by atoms with van der Waals surface area (Å²) in [5, 5.41) is 9.18. The van der Waals surface area contributed by atoms with Crippen molar-refractivity contribution in [2.75, 3.05) is 0 Å². The molecule has 1 rings (SSSR count). The number of aromatic nitrogens is 1. The lowest BCUT2D eigenvalue weighted by Gasteiger charge is -2.03. The number of rotatable bonds is 4. The van der Waals surface area contributed by atoms with Gasteiger partial charge in [-0.2, -0.15) is 0 Å². The number of hydrogen-bond acceptors (Lipinski definition) is 2. The van der Waals surface area contributed by atoms with E-state index in [1.54, 1.807) is 6.20 Å². The van der Waals surface area contributed by atoms with Crippen molar-refractivity contribution in [3.8, 4) is 0 Å². The second-order valence-corrected chi connectivity index (χ2v) is 3.20. The molecular weight excluding hydrogens is 234 g/mol. The van der Waals surface area contributed by atoms with Crippen molar-refractivity contribution in [1.29, 1.82) is 0 Å². The Morgan fingerprint density at radius 3 is 3.00 bits per heavy atom. The Morgan fingerprint density at radius 2 is 2.38 bits per heavy atom. The number of carboxylic acid groups (broad SMARTS) is 1. The number of aliphatic carboxylic acids is 1. The zero-order chi connectivity index (χ0) is 9.68. The molecule has 4 heteroatoms. The summed E-state index contributed by atoms with van der Waals surface area (Å²) in [6.07, 6.45) is 2.41. The third-order valence-electron chi connectivity index (χ3n) is 1.72. The maximum Gasteiger partial charge on any atom is 0.303 e. The molecule has 0 atom stereocenters. The van der Waals surface area contributed by atoms with E-state index in [4.69, 9.17) is 5.11 Å². The van der Waals surface area contributed by atoms with Crippen LogP contribution < -0.4 is 0 Å². The van der Waals surface area contributed by atoms with E-state index < -0.39 is 5.97 Å². The minimum Gasteiger partial charge on any atom is -0.481 e. The number of hydrogen-bond donors (Lipinski definition) is 1. The fourth-order valence-corrected chi connectivity index (χ4v) is 1.57. The number of alkyl halides is 1. The molecular formula is C9H10BrNO2. The maximum atomic E-state index is 10.3. The zero-order valence-electron chi connectivity index (χ0n) is 7.03. The minimum atomic E-state index is -0.774. The molecule has 13 heavy (non-hydrogen) atoms. The third kappa shape index (κ3) is 3.14. The Morgan fingerprint density at radius 1 is 1.62 bits per heavy atom. The molecule has 0 bridgehead atoms. The molecule has 3 nitrogen and oxygen atoms in total. The van der Waals surface area contributed by atoms with Gasteiger partial charge in [-0.3, -0.25) is 9.78 Å². The van der Waals surface area contributed by atoms with Crippen molar-refractivity contribution in [3.63, 3.8) is 0 Å². The minimum absolute atomic E-state index is 0.158. The predicted octanol–water partition coefficient (Wildman–Crippen LogP) is 1.99. The molecule has 0 saturated heterocycles. The average molecular weight is 244 g/mol. The first kappa shape index (κ1) is 10.2. The van der Waals surface area contributed by atoms with Crippen LogP contribution in [-0.2, 0) is 16.5 Å². The van der Waals surface area contributed by atoms with E-state index in [9.17, 15) is 4.79 Å². The summed E-state index contributed by atoms with van der Waals surface area (Å²) < 4.78 is 0. The van der Waals surface area contributed by atoms with Gasteiger partial charge in [0.15, 0.2) is 0 Å². The smallest absolute Gasteiger partial charge is 0.303 e. The molecule has 0 aliphatic heterocycles. The van der Waals surface area contributed by atoms with Crippen LogP contribution in [-0.4, -0.2) is 16.1 Å². The quantitative estimate of drug-likeness (QED) is 0.824. The van der Waals surface area contributed by atoms with Gasteiger partial charge >= 0.3 is 5.97 Å². The van der Waals surface area contributed by atoms with Gasteiger partial charge < -0.3 is 5.11 Å². The lowest BCUT2D eigenvalue weighted by molar-refractivity contribution is -0.136. The van der Waals surface area contributed by atoms with Gasteiger partial charge in [0.25, 0.3) is 0 Å². The molecule has 0 aliphatic rings. The van der Waals surface area contributed by atoms with Crippen LogP contribution in [0.25, 0.3) is 0 Å². The van der Waals surface area contributed by atoms with Crippen LogP contribution in [0, 0.1) is 0 Å². The van der Waals surface area contributed by atoms with Gasteiger partial charge in [0.05, 0.1) is 5.69 Å². The monoisotopic (exact) mass is 243 g/mol. The Kier molecular flexibility index (Phi) is 3.89. The molecule has 70 valence electrons. The van der Waals surface area contributed by atoms with E-state index in [1.165, 1.54) is 0 Å². The van der Waals surface area contributed by atoms with Crippen molar-refractivity contribution in [2.45, 2.75) is 18.2 Å². The van der Waals surface area contributed by atoms with E-state index in [1.807, 2.05) is 12.1 Å². The van der Waals surface area contributed by atoms with Crippen molar-refractivity contribution in [1.82, 2.24) is 4.98 Å². The fraction of sp³-hybridized carbons (Fsp3) is 0.333. The Bertz CT molecular complexity index is 301. The molecule has 0 fully saturated rings. The van der Waals surface area contributed by atoms with Crippen molar-refractivity contribution in [2.24, 2.45) is 0 Å². The second-order valence-electron chi connectivity index (χ2n) is 2.64. The Labute approximate surface area is 84.9 Å². The van der Waals surface area contributed by atoms with Crippen LogP contribution in [0.4, 0.5) is 0 Å². The lowest BCUT2D eigenvalue weighted by Crippen LogP contribution is -2.00. The van der Waals surface area contributed by atoms with Crippen molar-refractivity contribution < 1.29 is 9.90 Å². The lowest BCUT2D eigenvalue weighted by atomic mass is 10.1. The SMILES string of the molecule is O=C(O)CCc1cccnc1CBr. The van der Waals surface area contributed by atoms with Crippen LogP contribution >= 0.6 is 15.9 Å². The summed E-state index contributed by atoms with van der Waals surface area (Å²) in [5.74, 6) is -0.774. The highest BCUT2D eigenvalue weighted by molar-refractivity contribution is 9.08. The highest BCUT2D eigenvalue weighted by Gasteiger charge is 2.03. The summed E-state index contributed by atoms with van der Waals surface area (Å²) in [4.78, 5) is 14.5. The molecule has 0 unspecified atom stereocenters. The number of aryl methyl sites for hydroxylation is 1. The zero-order valence-corrected chi connectivity index (χ0v) is 8.62. The molecule has 0 amide bonds. The molecule has 1 heterocycles. The molecule has 0 aromatic carbocycles. The van der Waals surface area contributed by atoms with Gasteiger partial charge in [0.1, 0.15) is 0 Å². The molecule has 1 aromatic heterocycles. The largest absolute Gasteiger partial charge is 0.481 e. The van der Waals surface area contributed by atoms with E-state index in [0.717, 1.165) is 11.3 Å². The van der Waals surface area contributed by atoms with Gasteiger partial charge in [0, 0.05) is 17.9 Å². The second kappa shape index (κ2) is 4.97. The number of halogens is 1. The predicted molar refractivity (Wildman–Crippen MR) is 52.8 cm³/mol. The van der Waals surface area contributed by atoms with Gasteiger partial charge in [0.2, 0.25) is 0 Å². The first-order valence-corrected chi connectivity index (χ1v) is 5.06. The normalized spacial score (nSPS) is 9.92. The van der Waals surface area contributed by atoms with Gasteiger partial charge in [-0.15, -0.1) is 0 Å². The van der Waals surface area contributed by atoms with Gasteiger partial charge in [-0.25, -0.2) is 0 Å². The first-order valence-electron chi connectivity index (χ1n) is 3.94. The number of carbonyl (C=O) groups is 1. The van der Waals surface area contributed by atoms with Gasteiger partial charge in [-0.1, -0.05) is 22.0 Å². The summed E-state index contributed by atoms with van der Waals surface area (Å²) in [6, 6.07) is 3.73. The number of carboxylic acids is 1. The molecule has 0 spiro atoms.